The number of carbonyl (C=O) groups is 1. The molecule has 0 radical (unpaired) electrons. The Kier molecular flexibility index (Phi) is 5.24. The molecule has 1 fully saturated rings. The summed E-state index contributed by atoms with van der Waals surface area (Å²) in [6.07, 6.45) is 12.2. The van der Waals surface area contributed by atoms with E-state index in [1.54, 1.807) is 0 Å². The van der Waals surface area contributed by atoms with Crippen molar-refractivity contribution in [1.82, 2.24) is 5.32 Å². The summed E-state index contributed by atoms with van der Waals surface area (Å²) in [7, 11) is 0. The van der Waals surface area contributed by atoms with E-state index in [0.717, 1.165) is 37.9 Å². The Labute approximate surface area is 155 Å². The van der Waals surface area contributed by atoms with Gasteiger partial charge in [-0.05, 0) is 73.1 Å². The molecular weight excluding hydrogens is 322 g/mol. The van der Waals surface area contributed by atoms with E-state index in [1.165, 1.54) is 29.2 Å². The van der Waals surface area contributed by atoms with E-state index >= 15 is 0 Å². The van der Waals surface area contributed by atoms with E-state index in [4.69, 9.17) is 4.74 Å². The highest BCUT2D eigenvalue weighted by Crippen LogP contribution is 2.28. The fourth-order valence-corrected chi connectivity index (χ4v) is 3.80. The van der Waals surface area contributed by atoms with Crippen LogP contribution in [-0.4, -0.2) is 18.6 Å². The van der Waals surface area contributed by atoms with E-state index in [0.29, 0.717) is 6.54 Å². The van der Waals surface area contributed by atoms with Crippen LogP contribution in [0.2, 0.25) is 0 Å². The predicted octanol–water partition coefficient (Wildman–Crippen LogP) is 4.79. The Bertz CT molecular complexity index is 807. The first-order valence-corrected chi connectivity index (χ1v) is 9.92. The Morgan fingerprint density at radius 3 is 2.81 bits per heavy atom. The van der Waals surface area contributed by atoms with Gasteiger partial charge in [0, 0.05) is 12.5 Å². The first kappa shape index (κ1) is 17.1. The first-order chi connectivity index (χ1) is 12.8. The summed E-state index contributed by atoms with van der Waals surface area (Å²) in [4.78, 5) is 12.0. The maximum absolute atomic E-state index is 12.0. The molecule has 0 heterocycles. The Balaban J connectivity index is 1.45. The lowest BCUT2D eigenvalue weighted by molar-refractivity contribution is -0.127. The number of fused-ring (bicyclic) bond motifs is 1. The van der Waals surface area contributed by atoms with Crippen molar-refractivity contribution in [2.75, 3.05) is 6.54 Å². The van der Waals surface area contributed by atoms with Crippen molar-refractivity contribution in [2.45, 2.75) is 51.0 Å². The molecule has 0 aromatic heterocycles. The van der Waals surface area contributed by atoms with Gasteiger partial charge >= 0.3 is 0 Å². The number of rotatable bonds is 6. The number of hydrogen-bond acceptors (Lipinski definition) is 2. The number of ether oxygens (including phenoxy) is 1. The SMILES string of the molecule is O=C(NCCc1cccc2ccc(OC3C=CCCC3)cc12)C1CCC1. The molecular formula is C23H27NO2. The van der Waals surface area contributed by atoms with Gasteiger partial charge in [0.05, 0.1) is 0 Å². The summed E-state index contributed by atoms with van der Waals surface area (Å²) in [6.45, 7) is 0.699. The Hall–Kier alpha value is -2.29. The third kappa shape index (κ3) is 3.92. The summed E-state index contributed by atoms with van der Waals surface area (Å²) in [6, 6.07) is 12.7. The number of amides is 1. The van der Waals surface area contributed by atoms with Crippen LogP contribution in [0, 0.1) is 5.92 Å². The quantitative estimate of drug-likeness (QED) is 0.762. The van der Waals surface area contributed by atoms with Crippen LogP contribution in [0.25, 0.3) is 10.8 Å². The molecule has 136 valence electrons. The minimum atomic E-state index is 0.190. The molecule has 0 aliphatic heterocycles. The molecule has 0 bridgehead atoms. The van der Waals surface area contributed by atoms with Crippen molar-refractivity contribution in [2.24, 2.45) is 5.92 Å². The molecule has 1 saturated carbocycles. The number of benzene rings is 2. The van der Waals surface area contributed by atoms with Gasteiger partial charge in [0.15, 0.2) is 0 Å². The Morgan fingerprint density at radius 2 is 2.04 bits per heavy atom. The minimum absolute atomic E-state index is 0.190. The second-order valence-electron chi connectivity index (χ2n) is 7.48. The van der Waals surface area contributed by atoms with Gasteiger partial charge in [-0.2, -0.15) is 0 Å². The third-order valence-corrected chi connectivity index (χ3v) is 5.61. The molecule has 1 N–H and O–H groups in total. The van der Waals surface area contributed by atoms with Crippen LogP contribution in [0.5, 0.6) is 5.75 Å². The van der Waals surface area contributed by atoms with Crippen molar-refractivity contribution in [1.29, 1.82) is 0 Å². The van der Waals surface area contributed by atoms with Gasteiger partial charge in [0.1, 0.15) is 11.9 Å². The van der Waals surface area contributed by atoms with Gasteiger partial charge in [-0.15, -0.1) is 0 Å². The van der Waals surface area contributed by atoms with Crippen LogP contribution in [0.3, 0.4) is 0 Å². The summed E-state index contributed by atoms with van der Waals surface area (Å²) in [5, 5.41) is 5.55. The molecule has 2 aliphatic rings. The molecule has 2 aromatic carbocycles. The van der Waals surface area contributed by atoms with Crippen molar-refractivity contribution < 1.29 is 9.53 Å². The second kappa shape index (κ2) is 7.94. The average molecular weight is 349 g/mol. The van der Waals surface area contributed by atoms with E-state index in [2.05, 4.69) is 53.9 Å². The monoisotopic (exact) mass is 349 g/mol. The average Bonchev–Trinajstić information content (AvgIpc) is 2.61. The summed E-state index contributed by atoms with van der Waals surface area (Å²) < 4.78 is 6.16. The van der Waals surface area contributed by atoms with Crippen LogP contribution < -0.4 is 10.1 Å². The zero-order valence-corrected chi connectivity index (χ0v) is 15.2. The van der Waals surface area contributed by atoms with Gasteiger partial charge in [0.25, 0.3) is 0 Å². The highest BCUT2D eigenvalue weighted by atomic mass is 16.5. The highest BCUT2D eigenvalue weighted by Gasteiger charge is 2.24. The fourth-order valence-electron chi connectivity index (χ4n) is 3.80. The second-order valence-corrected chi connectivity index (χ2v) is 7.48. The number of hydrogen-bond donors (Lipinski definition) is 1. The van der Waals surface area contributed by atoms with Crippen LogP contribution in [0.1, 0.15) is 44.1 Å². The minimum Gasteiger partial charge on any atom is -0.486 e. The smallest absolute Gasteiger partial charge is 0.223 e. The first-order valence-electron chi connectivity index (χ1n) is 9.92. The highest BCUT2D eigenvalue weighted by molar-refractivity contribution is 5.87. The van der Waals surface area contributed by atoms with Gasteiger partial charge in [0.2, 0.25) is 5.91 Å². The van der Waals surface area contributed by atoms with Crippen molar-refractivity contribution in [3.63, 3.8) is 0 Å². The molecule has 1 amide bonds. The van der Waals surface area contributed by atoms with E-state index in [-0.39, 0.29) is 17.9 Å². The van der Waals surface area contributed by atoms with Gasteiger partial charge in [-0.3, -0.25) is 4.79 Å². The molecule has 2 aliphatic carbocycles. The van der Waals surface area contributed by atoms with E-state index in [1.807, 2.05) is 0 Å². The predicted molar refractivity (Wildman–Crippen MR) is 105 cm³/mol. The fraction of sp³-hybridized carbons (Fsp3) is 0.435. The van der Waals surface area contributed by atoms with Crippen molar-refractivity contribution in [3.05, 3.63) is 54.1 Å². The van der Waals surface area contributed by atoms with Gasteiger partial charge < -0.3 is 10.1 Å². The molecule has 0 saturated heterocycles. The largest absolute Gasteiger partial charge is 0.486 e. The lowest BCUT2D eigenvalue weighted by Crippen LogP contribution is -2.35. The lowest BCUT2D eigenvalue weighted by atomic mass is 9.85. The van der Waals surface area contributed by atoms with Gasteiger partial charge in [-0.1, -0.05) is 36.8 Å². The maximum atomic E-state index is 12.0. The molecule has 3 nitrogen and oxygen atoms in total. The lowest BCUT2D eigenvalue weighted by Gasteiger charge is -2.24. The molecule has 3 heteroatoms. The third-order valence-electron chi connectivity index (χ3n) is 5.61. The van der Waals surface area contributed by atoms with Crippen LogP contribution in [0.4, 0.5) is 0 Å². The normalized spacial score (nSPS) is 19.9. The number of carbonyl (C=O) groups excluding carboxylic acids is 1. The van der Waals surface area contributed by atoms with Crippen LogP contribution >= 0.6 is 0 Å². The number of nitrogens with one attached hydrogen (secondary N) is 1. The zero-order valence-electron chi connectivity index (χ0n) is 15.2. The van der Waals surface area contributed by atoms with E-state index in [9.17, 15) is 4.79 Å². The van der Waals surface area contributed by atoms with Gasteiger partial charge in [-0.25, -0.2) is 0 Å². The maximum Gasteiger partial charge on any atom is 0.223 e. The standard InChI is InChI=1S/C23H27NO2/c25-23(19-8-5-9-19)24-15-14-18-7-4-6-17-12-13-21(16-22(17)18)26-20-10-2-1-3-11-20/h2,4,6-7,10,12-13,16,19-20H,1,3,5,8-9,11,14-15H2,(H,24,25). The summed E-state index contributed by atoms with van der Waals surface area (Å²) >= 11 is 0. The van der Waals surface area contributed by atoms with Crippen molar-refractivity contribution in [3.8, 4) is 5.75 Å². The molecule has 1 unspecified atom stereocenters. The van der Waals surface area contributed by atoms with Crippen LogP contribution in [0.15, 0.2) is 48.6 Å². The molecule has 0 spiro atoms. The number of allylic oxidation sites excluding steroid dienone is 1. The molecule has 1 atom stereocenters. The molecule has 26 heavy (non-hydrogen) atoms. The summed E-state index contributed by atoms with van der Waals surface area (Å²) in [5.41, 5.74) is 1.26. The van der Waals surface area contributed by atoms with Crippen LogP contribution in [-0.2, 0) is 11.2 Å². The molecule has 2 aromatic rings. The molecule has 4 rings (SSSR count). The Morgan fingerprint density at radius 1 is 1.12 bits per heavy atom. The topological polar surface area (TPSA) is 38.3 Å². The summed E-state index contributed by atoms with van der Waals surface area (Å²) in [5.74, 6) is 1.41. The van der Waals surface area contributed by atoms with E-state index < -0.39 is 0 Å². The van der Waals surface area contributed by atoms with Crippen molar-refractivity contribution >= 4 is 16.7 Å². The zero-order chi connectivity index (χ0) is 17.8.